The molecule has 2 heterocycles. The van der Waals surface area contributed by atoms with Gasteiger partial charge in [0.05, 0.1) is 9.79 Å². The van der Waals surface area contributed by atoms with Crippen molar-refractivity contribution >= 4 is 15.5 Å². The van der Waals surface area contributed by atoms with E-state index in [1.807, 2.05) is 6.07 Å². The number of hydrogen-bond donors (Lipinski definition) is 0. The van der Waals surface area contributed by atoms with Crippen LogP contribution in [0.25, 0.3) is 0 Å². The molecular weight excluding hydrogens is 382 g/mol. The molecule has 0 amide bonds. The Bertz CT molecular complexity index is 1010. The van der Waals surface area contributed by atoms with Gasteiger partial charge in [0.15, 0.2) is 11.6 Å². The second kappa shape index (κ2) is 7.12. The van der Waals surface area contributed by atoms with Gasteiger partial charge >= 0.3 is 0 Å². The molecule has 2 aliphatic rings. The van der Waals surface area contributed by atoms with Gasteiger partial charge < -0.3 is 9.80 Å². The third-order valence-corrected chi connectivity index (χ3v) is 7.95. The van der Waals surface area contributed by atoms with Crippen molar-refractivity contribution in [3.8, 4) is 0 Å². The minimum absolute atomic E-state index is 0.128. The zero-order valence-electron chi connectivity index (χ0n) is 16.0. The van der Waals surface area contributed by atoms with Crippen molar-refractivity contribution in [2.75, 3.05) is 31.6 Å². The number of nitrogens with zero attached hydrogens (tertiary/aromatic N) is 2. The number of likely N-dealkylation sites (tertiary alicyclic amines) is 1. The summed E-state index contributed by atoms with van der Waals surface area (Å²) >= 11 is 0. The average molecular weight is 406 g/mol. The summed E-state index contributed by atoms with van der Waals surface area (Å²) in [6, 6.07) is 8.20. The summed E-state index contributed by atoms with van der Waals surface area (Å²) in [5, 5.41) is 0. The van der Waals surface area contributed by atoms with Gasteiger partial charge in [0.2, 0.25) is 9.84 Å². The Labute approximate surface area is 164 Å². The summed E-state index contributed by atoms with van der Waals surface area (Å²) in [5.74, 6) is -1.95. The molecule has 1 saturated heterocycles. The first-order valence-electron chi connectivity index (χ1n) is 9.62. The molecule has 2 aromatic carbocycles. The summed E-state index contributed by atoms with van der Waals surface area (Å²) in [6.45, 7) is 5.20. The minimum Gasteiger partial charge on any atom is -0.371 e. The van der Waals surface area contributed by atoms with Crippen LogP contribution in [0.5, 0.6) is 0 Å². The minimum atomic E-state index is -3.92. The molecule has 0 radical (unpaired) electrons. The number of hydrogen-bond acceptors (Lipinski definition) is 4. The fourth-order valence-corrected chi connectivity index (χ4v) is 5.87. The Morgan fingerprint density at radius 2 is 1.68 bits per heavy atom. The maximum Gasteiger partial charge on any atom is 0.206 e. The van der Waals surface area contributed by atoms with Crippen LogP contribution in [0.1, 0.15) is 31.2 Å². The molecular formula is C21H24F2N2O2S. The van der Waals surface area contributed by atoms with Gasteiger partial charge in [-0.2, -0.15) is 0 Å². The van der Waals surface area contributed by atoms with Crippen molar-refractivity contribution in [2.45, 2.75) is 41.5 Å². The largest absolute Gasteiger partial charge is 0.371 e. The first kappa shape index (κ1) is 19.3. The summed E-state index contributed by atoms with van der Waals surface area (Å²) in [7, 11) is -1.85. The molecule has 28 heavy (non-hydrogen) atoms. The van der Waals surface area contributed by atoms with Gasteiger partial charge in [-0.05, 0) is 67.9 Å². The quantitative estimate of drug-likeness (QED) is 0.727. The van der Waals surface area contributed by atoms with Crippen LogP contribution >= 0.6 is 0 Å². The Kier molecular flexibility index (Phi) is 4.91. The Morgan fingerprint density at radius 1 is 1.00 bits per heavy atom. The van der Waals surface area contributed by atoms with Crippen molar-refractivity contribution in [2.24, 2.45) is 0 Å². The highest BCUT2D eigenvalue weighted by Crippen LogP contribution is 2.45. The number of rotatable bonds is 3. The fraction of sp³-hybridized carbons (Fsp3) is 0.429. The lowest BCUT2D eigenvalue weighted by atomic mass is 9.91. The summed E-state index contributed by atoms with van der Waals surface area (Å²) in [6.07, 6.45) is 2.01. The normalized spacial score (nSPS) is 22.6. The van der Waals surface area contributed by atoms with E-state index in [0.29, 0.717) is 6.04 Å². The molecule has 0 spiro atoms. The van der Waals surface area contributed by atoms with E-state index < -0.39 is 21.5 Å². The van der Waals surface area contributed by atoms with Crippen molar-refractivity contribution < 1.29 is 17.2 Å². The van der Waals surface area contributed by atoms with Crippen LogP contribution in [0.3, 0.4) is 0 Å². The van der Waals surface area contributed by atoms with Crippen molar-refractivity contribution in [1.82, 2.24) is 4.90 Å². The number of likely N-dealkylation sites (N-methyl/N-ethyl adjacent to an activating group) is 1. The van der Waals surface area contributed by atoms with Gasteiger partial charge in [-0.15, -0.1) is 0 Å². The molecule has 0 N–H and O–H groups in total. The SMILES string of the molecule is CCN1CC[C@@H]2c3cc(S(=O)(=O)c4ccc(F)c(F)c4)ccc3N(C)[C@@H]2CC1. The predicted molar refractivity (Wildman–Crippen MR) is 105 cm³/mol. The molecule has 2 aliphatic heterocycles. The number of sulfone groups is 1. The zero-order valence-corrected chi connectivity index (χ0v) is 16.8. The molecule has 4 rings (SSSR count). The summed E-state index contributed by atoms with van der Waals surface area (Å²) in [5.41, 5.74) is 2.10. The Morgan fingerprint density at radius 3 is 2.39 bits per heavy atom. The number of anilines is 1. The predicted octanol–water partition coefficient (Wildman–Crippen LogP) is 3.82. The maximum absolute atomic E-state index is 13.6. The summed E-state index contributed by atoms with van der Waals surface area (Å²) < 4.78 is 52.8. The lowest BCUT2D eigenvalue weighted by Gasteiger charge is -2.25. The van der Waals surface area contributed by atoms with E-state index in [9.17, 15) is 17.2 Å². The van der Waals surface area contributed by atoms with Gasteiger partial charge in [-0.25, -0.2) is 17.2 Å². The molecule has 7 heteroatoms. The van der Waals surface area contributed by atoms with Crippen LogP contribution < -0.4 is 4.90 Å². The molecule has 0 aromatic heterocycles. The van der Waals surface area contributed by atoms with Crippen molar-refractivity contribution in [1.29, 1.82) is 0 Å². The number of benzene rings is 2. The van der Waals surface area contributed by atoms with Crippen LogP contribution in [0, 0.1) is 11.6 Å². The van der Waals surface area contributed by atoms with Crippen LogP contribution in [0.15, 0.2) is 46.2 Å². The van der Waals surface area contributed by atoms with E-state index in [1.54, 1.807) is 12.1 Å². The second-order valence-electron chi connectivity index (χ2n) is 7.60. The third-order valence-electron chi connectivity index (χ3n) is 6.20. The lowest BCUT2D eigenvalue weighted by molar-refractivity contribution is 0.298. The van der Waals surface area contributed by atoms with Gasteiger partial charge in [-0.3, -0.25) is 0 Å². The molecule has 0 unspecified atom stereocenters. The average Bonchev–Trinajstić information content (AvgIpc) is 2.83. The van der Waals surface area contributed by atoms with Crippen LogP contribution in [-0.4, -0.2) is 46.0 Å². The van der Waals surface area contributed by atoms with E-state index >= 15 is 0 Å². The van der Waals surface area contributed by atoms with Crippen LogP contribution in [0.4, 0.5) is 14.5 Å². The van der Waals surface area contributed by atoms with Crippen molar-refractivity contribution in [3.63, 3.8) is 0 Å². The molecule has 0 saturated carbocycles. The highest BCUT2D eigenvalue weighted by molar-refractivity contribution is 7.91. The van der Waals surface area contributed by atoms with E-state index in [4.69, 9.17) is 0 Å². The van der Waals surface area contributed by atoms with E-state index in [2.05, 4.69) is 23.8 Å². The first-order valence-corrected chi connectivity index (χ1v) is 11.1. The highest BCUT2D eigenvalue weighted by atomic mass is 32.2. The number of halogens is 2. The van der Waals surface area contributed by atoms with E-state index in [1.165, 1.54) is 0 Å². The van der Waals surface area contributed by atoms with Crippen LogP contribution in [-0.2, 0) is 9.84 Å². The molecule has 150 valence electrons. The third kappa shape index (κ3) is 3.10. The molecule has 4 nitrogen and oxygen atoms in total. The monoisotopic (exact) mass is 406 g/mol. The Hall–Kier alpha value is -1.99. The van der Waals surface area contributed by atoms with E-state index in [-0.39, 0.29) is 15.7 Å². The topological polar surface area (TPSA) is 40.6 Å². The summed E-state index contributed by atoms with van der Waals surface area (Å²) in [4.78, 5) is 4.58. The smallest absolute Gasteiger partial charge is 0.206 e. The lowest BCUT2D eigenvalue weighted by Crippen LogP contribution is -2.31. The molecule has 2 atom stereocenters. The van der Waals surface area contributed by atoms with Gasteiger partial charge in [0.1, 0.15) is 0 Å². The standard InChI is InChI=1S/C21H24F2N2O2S/c1-3-25-10-8-16-17-12-14(5-7-20(17)24(2)21(16)9-11-25)28(26,27)15-4-6-18(22)19(23)13-15/h4-7,12-13,16,21H,3,8-11H2,1-2H3/t16-,21-/m1/s1. The van der Waals surface area contributed by atoms with Crippen LogP contribution in [0.2, 0.25) is 0 Å². The highest BCUT2D eigenvalue weighted by Gasteiger charge is 2.38. The van der Waals surface area contributed by atoms with Crippen molar-refractivity contribution in [3.05, 3.63) is 53.6 Å². The molecule has 0 bridgehead atoms. The van der Waals surface area contributed by atoms with E-state index in [0.717, 1.165) is 61.9 Å². The fourth-order valence-electron chi connectivity index (χ4n) is 4.56. The van der Waals surface area contributed by atoms with Gasteiger partial charge in [0.25, 0.3) is 0 Å². The second-order valence-corrected chi connectivity index (χ2v) is 9.55. The molecule has 1 fully saturated rings. The molecule has 2 aromatic rings. The first-order chi connectivity index (χ1) is 13.3. The maximum atomic E-state index is 13.6. The molecule has 0 aliphatic carbocycles. The number of fused-ring (bicyclic) bond motifs is 3. The van der Waals surface area contributed by atoms with Gasteiger partial charge in [0, 0.05) is 31.2 Å². The Balaban J connectivity index is 1.73. The van der Waals surface area contributed by atoms with Gasteiger partial charge in [-0.1, -0.05) is 6.92 Å². The zero-order chi connectivity index (χ0) is 20.1.